The highest BCUT2D eigenvalue weighted by Gasteiger charge is 2.24. The van der Waals surface area contributed by atoms with Crippen molar-refractivity contribution in [2.24, 2.45) is 0 Å². The van der Waals surface area contributed by atoms with Gasteiger partial charge in [-0.2, -0.15) is 5.10 Å². The smallest absolute Gasteiger partial charge is 0.414 e. The first-order valence-electron chi connectivity index (χ1n) is 10.5. The maximum atomic E-state index is 13.2. The summed E-state index contributed by atoms with van der Waals surface area (Å²) in [5.74, 6) is -0.450. The number of aromatic nitrogens is 2. The van der Waals surface area contributed by atoms with E-state index in [1.807, 2.05) is 30.3 Å². The fraction of sp³-hybridized carbons (Fsp3) is 0.120. The first-order valence-corrected chi connectivity index (χ1v) is 10.5. The van der Waals surface area contributed by atoms with Gasteiger partial charge in [0.25, 0.3) is 11.5 Å². The molecule has 8 heteroatoms. The molecule has 1 fully saturated rings. The average Bonchev–Trinajstić information content (AvgIpc) is 3.27. The van der Waals surface area contributed by atoms with Gasteiger partial charge in [-0.1, -0.05) is 54.6 Å². The molecule has 0 saturated carbocycles. The molecule has 0 aliphatic carbocycles. The van der Waals surface area contributed by atoms with E-state index in [2.05, 4.69) is 10.4 Å². The third kappa shape index (κ3) is 4.06. The Morgan fingerprint density at radius 3 is 2.45 bits per heavy atom. The fourth-order valence-corrected chi connectivity index (χ4v) is 3.84. The molecule has 1 aliphatic rings. The molecule has 164 valence electrons. The number of amides is 2. The minimum Gasteiger partial charge on any atom is -0.447 e. The van der Waals surface area contributed by atoms with Crippen molar-refractivity contribution in [1.29, 1.82) is 0 Å². The first-order chi connectivity index (χ1) is 16.1. The Morgan fingerprint density at radius 1 is 0.939 bits per heavy atom. The molecule has 5 rings (SSSR count). The number of benzene rings is 3. The molecular weight excluding hydrogens is 420 g/mol. The van der Waals surface area contributed by atoms with Crippen molar-refractivity contribution in [2.75, 3.05) is 23.4 Å². The van der Waals surface area contributed by atoms with E-state index >= 15 is 0 Å². The zero-order chi connectivity index (χ0) is 22.8. The molecule has 3 aromatic carbocycles. The molecule has 0 unspecified atom stereocenters. The SMILES string of the molecule is O=C(Nc1cccc(N2CCOC2=O)c1)c1nn(Cc2ccccc2)c(=O)c2ccccc12. The van der Waals surface area contributed by atoms with E-state index in [-0.39, 0.29) is 17.8 Å². The summed E-state index contributed by atoms with van der Waals surface area (Å²) in [6.45, 7) is 1.03. The molecule has 8 nitrogen and oxygen atoms in total. The van der Waals surface area contributed by atoms with E-state index in [1.54, 1.807) is 48.5 Å². The Hall–Kier alpha value is -4.46. The van der Waals surface area contributed by atoms with Crippen LogP contribution in [-0.2, 0) is 11.3 Å². The summed E-state index contributed by atoms with van der Waals surface area (Å²) in [4.78, 5) is 39.6. The number of hydrogen-bond acceptors (Lipinski definition) is 5. The maximum absolute atomic E-state index is 13.2. The van der Waals surface area contributed by atoms with Crippen molar-refractivity contribution in [3.8, 4) is 0 Å². The predicted octanol–water partition coefficient (Wildman–Crippen LogP) is 3.65. The third-order valence-corrected chi connectivity index (χ3v) is 5.43. The Kier molecular flexibility index (Phi) is 5.32. The number of carbonyl (C=O) groups excluding carboxylic acids is 2. The topological polar surface area (TPSA) is 93.5 Å². The summed E-state index contributed by atoms with van der Waals surface area (Å²) in [6.07, 6.45) is -0.417. The summed E-state index contributed by atoms with van der Waals surface area (Å²) in [5.41, 5.74) is 1.91. The molecule has 0 spiro atoms. The zero-order valence-electron chi connectivity index (χ0n) is 17.6. The summed E-state index contributed by atoms with van der Waals surface area (Å²) in [5, 5.41) is 8.15. The second-order valence-electron chi connectivity index (χ2n) is 7.61. The van der Waals surface area contributed by atoms with Crippen LogP contribution in [0.1, 0.15) is 16.1 Å². The molecule has 0 bridgehead atoms. The predicted molar refractivity (Wildman–Crippen MR) is 125 cm³/mol. The van der Waals surface area contributed by atoms with Gasteiger partial charge in [-0.15, -0.1) is 0 Å². The van der Waals surface area contributed by atoms with Crippen molar-refractivity contribution in [3.05, 3.63) is 100 Å². The van der Waals surface area contributed by atoms with Gasteiger partial charge in [-0.3, -0.25) is 14.5 Å². The Balaban J connectivity index is 1.50. The monoisotopic (exact) mass is 440 g/mol. The van der Waals surface area contributed by atoms with Gasteiger partial charge in [0, 0.05) is 16.8 Å². The Bertz CT molecular complexity index is 1420. The van der Waals surface area contributed by atoms with E-state index < -0.39 is 12.0 Å². The van der Waals surface area contributed by atoms with Gasteiger partial charge >= 0.3 is 6.09 Å². The lowest BCUT2D eigenvalue weighted by atomic mass is 10.1. The van der Waals surface area contributed by atoms with Crippen molar-refractivity contribution in [2.45, 2.75) is 6.54 Å². The van der Waals surface area contributed by atoms with E-state index in [4.69, 9.17) is 4.74 Å². The number of nitrogens with one attached hydrogen (secondary N) is 1. The molecule has 2 amide bonds. The number of anilines is 2. The Morgan fingerprint density at radius 2 is 1.70 bits per heavy atom. The number of fused-ring (bicyclic) bond motifs is 1. The van der Waals surface area contributed by atoms with Crippen molar-refractivity contribution in [1.82, 2.24) is 9.78 Å². The minimum atomic E-state index is -0.450. The van der Waals surface area contributed by atoms with Crippen LogP contribution in [0.5, 0.6) is 0 Å². The molecule has 1 aliphatic heterocycles. The molecule has 2 heterocycles. The van der Waals surface area contributed by atoms with Crippen molar-refractivity contribution < 1.29 is 14.3 Å². The highest BCUT2D eigenvalue weighted by Crippen LogP contribution is 2.23. The summed E-state index contributed by atoms with van der Waals surface area (Å²) in [6, 6.07) is 23.4. The maximum Gasteiger partial charge on any atom is 0.414 e. The van der Waals surface area contributed by atoms with Crippen LogP contribution in [0, 0.1) is 0 Å². The van der Waals surface area contributed by atoms with E-state index in [9.17, 15) is 14.4 Å². The molecule has 0 radical (unpaired) electrons. The van der Waals surface area contributed by atoms with Crippen LogP contribution in [0.15, 0.2) is 83.7 Å². The second kappa shape index (κ2) is 8.58. The van der Waals surface area contributed by atoms with Crippen LogP contribution in [-0.4, -0.2) is 34.9 Å². The number of hydrogen-bond donors (Lipinski definition) is 1. The van der Waals surface area contributed by atoms with Gasteiger partial charge in [0.2, 0.25) is 0 Å². The highest BCUT2D eigenvalue weighted by molar-refractivity contribution is 6.11. The van der Waals surface area contributed by atoms with Crippen LogP contribution >= 0.6 is 0 Å². The van der Waals surface area contributed by atoms with Gasteiger partial charge < -0.3 is 10.1 Å². The van der Waals surface area contributed by atoms with Gasteiger partial charge in [0.15, 0.2) is 5.69 Å². The summed E-state index contributed by atoms with van der Waals surface area (Å²) >= 11 is 0. The number of cyclic esters (lactones) is 1. The number of ether oxygens (including phenoxy) is 1. The van der Waals surface area contributed by atoms with Crippen LogP contribution in [0.2, 0.25) is 0 Å². The van der Waals surface area contributed by atoms with Gasteiger partial charge in [0.05, 0.1) is 18.5 Å². The Labute approximate surface area is 189 Å². The molecule has 0 atom stereocenters. The lowest BCUT2D eigenvalue weighted by Gasteiger charge is -2.15. The minimum absolute atomic E-state index is 0.145. The molecule has 33 heavy (non-hydrogen) atoms. The van der Waals surface area contributed by atoms with Crippen LogP contribution < -0.4 is 15.8 Å². The lowest BCUT2D eigenvalue weighted by Crippen LogP contribution is -2.28. The molecule has 1 saturated heterocycles. The standard InChI is InChI=1S/C25H20N4O4/c30-23(26-18-9-6-10-19(15-18)28-13-14-33-25(28)32)22-20-11-4-5-12-21(20)24(31)29(27-22)16-17-7-2-1-3-8-17/h1-12,15H,13-14,16H2,(H,26,30). The van der Waals surface area contributed by atoms with Gasteiger partial charge in [0.1, 0.15) is 6.61 Å². The van der Waals surface area contributed by atoms with Crippen LogP contribution in [0.25, 0.3) is 10.8 Å². The molecule has 1 aromatic heterocycles. The van der Waals surface area contributed by atoms with E-state index in [0.717, 1.165) is 5.56 Å². The molecular formula is C25H20N4O4. The van der Waals surface area contributed by atoms with Crippen molar-refractivity contribution in [3.63, 3.8) is 0 Å². The quantitative estimate of drug-likeness (QED) is 0.511. The van der Waals surface area contributed by atoms with E-state index in [1.165, 1.54) is 9.58 Å². The number of nitrogens with zero attached hydrogens (tertiary/aromatic N) is 3. The third-order valence-electron chi connectivity index (χ3n) is 5.43. The first kappa shape index (κ1) is 20.4. The summed E-state index contributed by atoms with van der Waals surface area (Å²) in [7, 11) is 0. The highest BCUT2D eigenvalue weighted by atomic mass is 16.6. The van der Waals surface area contributed by atoms with Crippen LogP contribution in [0.4, 0.5) is 16.2 Å². The molecule has 4 aromatic rings. The second-order valence-corrected chi connectivity index (χ2v) is 7.61. The number of carbonyl (C=O) groups is 2. The van der Waals surface area contributed by atoms with Crippen molar-refractivity contribution >= 4 is 34.1 Å². The fourth-order valence-electron chi connectivity index (χ4n) is 3.84. The van der Waals surface area contributed by atoms with Crippen LogP contribution in [0.3, 0.4) is 0 Å². The lowest BCUT2D eigenvalue weighted by molar-refractivity contribution is 0.102. The average molecular weight is 440 g/mol. The number of rotatable bonds is 5. The summed E-state index contributed by atoms with van der Waals surface area (Å²) < 4.78 is 6.30. The normalized spacial score (nSPS) is 13.2. The largest absolute Gasteiger partial charge is 0.447 e. The van der Waals surface area contributed by atoms with Gasteiger partial charge in [-0.05, 0) is 29.8 Å². The van der Waals surface area contributed by atoms with Gasteiger partial charge in [-0.25, -0.2) is 9.48 Å². The zero-order valence-corrected chi connectivity index (χ0v) is 17.6. The van der Waals surface area contributed by atoms with E-state index in [0.29, 0.717) is 35.3 Å². The molecule has 1 N–H and O–H groups in total.